The number of carbonyl (C=O) groups excluding carboxylic acids is 2. The van der Waals surface area contributed by atoms with Crippen LogP contribution in [0, 0.1) is 11.8 Å². The lowest BCUT2D eigenvalue weighted by atomic mass is 9.92. The van der Waals surface area contributed by atoms with Crippen LogP contribution in [0.4, 0.5) is 5.69 Å². The van der Waals surface area contributed by atoms with E-state index in [4.69, 9.17) is 0 Å². The van der Waals surface area contributed by atoms with Crippen molar-refractivity contribution in [1.82, 2.24) is 14.7 Å². The van der Waals surface area contributed by atoms with E-state index in [9.17, 15) is 9.59 Å². The molecule has 2 unspecified atom stereocenters. The summed E-state index contributed by atoms with van der Waals surface area (Å²) >= 11 is 3.45. The van der Waals surface area contributed by atoms with Crippen LogP contribution in [0.1, 0.15) is 20.3 Å². The zero-order valence-electron chi connectivity index (χ0n) is 16.9. The highest BCUT2D eigenvalue weighted by molar-refractivity contribution is 9.10. The predicted molar refractivity (Wildman–Crippen MR) is 115 cm³/mol. The van der Waals surface area contributed by atoms with Crippen LogP contribution in [0.2, 0.25) is 0 Å². The van der Waals surface area contributed by atoms with Crippen LogP contribution in [-0.4, -0.2) is 78.9 Å². The lowest BCUT2D eigenvalue weighted by molar-refractivity contribution is -0.135. The molecule has 2 atom stereocenters. The number of amides is 2. The number of hydrogen-bond donors (Lipinski definition) is 1. The molecular weight excluding hydrogens is 420 g/mol. The van der Waals surface area contributed by atoms with Crippen molar-refractivity contribution in [2.24, 2.45) is 11.8 Å². The highest BCUT2D eigenvalue weighted by Gasteiger charge is 2.27. The Morgan fingerprint density at radius 2 is 1.57 bits per heavy atom. The molecule has 1 aromatic carbocycles. The number of nitrogens with zero attached hydrogens (tertiary/aromatic N) is 3. The first kappa shape index (κ1) is 21.3. The van der Waals surface area contributed by atoms with Crippen molar-refractivity contribution in [2.75, 3.05) is 57.7 Å². The average Bonchev–Trinajstić information content (AvgIpc) is 2.64. The number of nitrogens with one attached hydrogen (secondary N) is 1. The van der Waals surface area contributed by atoms with E-state index in [0.717, 1.165) is 49.4 Å². The molecule has 7 heteroatoms. The zero-order valence-corrected chi connectivity index (χ0v) is 18.5. The fraction of sp³-hybridized carbons (Fsp3) is 0.619. The number of rotatable bonds is 5. The van der Waals surface area contributed by atoms with E-state index in [0.29, 0.717) is 24.9 Å². The molecule has 0 saturated carbocycles. The van der Waals surface area contributed by atoms with Crippen LogP contribution in [0.25, 0.3) is 0 Å². The Morgan fingerprint density at radius 3 is 2.18 bits per heavy atom. The van der Waals surface area contributed by atoms with E-state index in [1.807, 2.05) is 29.2 Å². The molecule has 1 aromatic rings. The fourth-order valence-electron chi connectivity index (χ4n) is 4.22. The van der Waals surface area contributed by atoms with Gasteiger partial charge < -0.3 is 10.2 Å². The minimum atomic E-state index is -0.00674. The van der Waals surface area contributed by atoms with Gasteiger partial charge in [-0.1, -0.05) is 26.0 Å². The largest absolute Gasteiger partial charge is 0.341 e. The second-order valence-electron chi connectivity index (χ2n) is 8.33. The smallest absolute Gasteiger partial charge is 0.238 e. The van der Waals surface area contributed by atoms with Crippen molar-refractivity contribution in [3.8, 4) is 0 Å². The molecule has 2 heterocycles. The molecule has 0 spiro atoms. The lowest BCUT2D eigenvalue weighted by Crippen LogP contribution is -2.52. The summed E-state index contributed by atoms with van der Waals surface area (Å²) in [6.07, 6.45) is 1.21. The molecule has 2 aliphatic heterocycles. The molecule has 154 valence electrons. The summed E-state index contributed by atoms with van der Waals surface area (Å²) in [6.45, 7) is 10.4. The Balaban J connectivity index is 1.40. The Bertz CT molecular complexity index is 681. The molecule has 0 radical (unpaired) electrons. The van der Waals surface area contributed by atoms with Crippen LogP contribution >= 0.6 is 15.9 Å². The number of piperidine rings is 1. The number of para-hydroxylation sites is 1. The summed E-state index contributed by atoms with van der Waals surface area (Å²) in [5.41, 5.74) is 0.793. The fourth-order valence-corrected chi connectivity index (χ4v) is 4.60. The number of carbonyl (C=O) groups is 2. The van der Waals surface area contributed by atoms with Gasteiger partial charge in [-0.3, -0.25) is 19.4 Å². The maximum atomic E-state index is 12.7. The average molecular weight is 451 g/mol. The van der Waals surface area contributed by atoms with Gasteiger partial charge in [0.05, 0.1) is 18.8 Å². The molecule has 28 heavy (non-hydrogen) atoms. The molecule has 2 amide bonds. The van der Waals surface area contributed by atoms with Gasteiger partial charge in [-0.2, -0.15) is 0 Å². The minimum Gasteiger partial charge on any atom is -0.341 e. The Hall–Kier alpha value is -1.44. The van der Waals surface area contributed by atoms with Crippen molar-refractivity contribution in [1.29, 1.82) is 0 Å². The number of benzene rings is 1. The van der Waals surface area contributed by atoms with Gasteiger partial charge in [0.1, 0.15) is 0 Å². The van der Waals surface area contributed by atoms with Gasteiger partial charge in [-0.15, -0.1) is 0 Å². The van der Waals surface area contributed by atoms with Gasteiger partial charge in [0.25, 0.3) is 0 Å². The van der Waals surface area contributed by atoms with Crippen molar-refractivity contribution in [3.05, 3.63) is 28.7 Å². The maximum Gasteiger partial charge on any atom is 0.238 e. The molecule has 0 aromatic heterocycles. The maximum absolute atomic E-state index is 12.7. The zero-order chi connectivity index (χ0) is 20.1. The van der Waals surface area contributed by atoms with Crippen LogP contribution in [0.5, 0.6) is 0 Å². The first-order valence-electron chi connectivity index (χ1n) is 10.2. The van der Waals surface area contributed by atoms with E-state index >= 15 is 0 Å². The quantitative estimate of drug-likeness (QED) is 0.748. The number of halogens is 1. The van der Waals surface area contributed by atoms with Crippen molar-refractivity contribution in [2.45, 2.75) is 20.3 Å². The summed E-state index contributed by atoms with van der Waals surface area (Å²) in [5, 5.41) is 2.95. The van der Waals surface area contributed by atoms with Crippen molar-refractivity contribution >= 4 is 33.4 Å². The summed E-state index contributed by atoms with van der Waals surface area (Å²) < 4.78 is 0.882. The number of likely N-dealkylation sites (tertiary alicyclic amines) is 1. The van der Waals surface area contributed by atoms with E-state index in [1.54, 1.807) is 0 Å². The summed E-state index contributed by atoms with van der Waals surface area (Å²) in [5.74, 6) is 1.42. The number of anilines is 1. The summed E-state index contributed by atoms with van der Waals surface area (Å²) in [7, 11) is 0. The first-order chi connectivity index (χ1) is 13.4. The standard InChI is InChI=1S/C21H31BrN4O2/c1-16-11-17(2)13-26(12-16)21(28)15-25-9-7-24(8-10-25)14-20(27)23-19-6-4-3-5-18(19)22/h3-6,16-17H,7-15H2,1-2H3,(H,23,27). The third-order valence-corrected chi connectivity index (χ3v) is 6.25. The van der Waals surface area contributed by atoms with Crippen LogP contribution in [0.15, 0.2) is 28.7 Å². The topological polar surface area (TPSA) is 55.9 Å². The van der Waals surface area contributed by atoms with Crippen LogP contribution in [-0.2, 0) is 9.59 Å². The second-order valence-corrected chi connectivity index (χ2v) is 9.18. The second kappa shape index (κ2) is 9.85. The molecule has 0 aliphatic carbocycles. The van der Waals surface area contributed by atoms with Crippen LogP contribution < -0.4 is 5.32 Å². The molecule has 6 nitrogen and oxygen atoms in total. The van der Waals surface area contributed by atoms with Gasteiger partial charge in [0.15, 0.2) is 0 Å². The van der Waals surface area contributed by atoms with Gasteiger partial charge in [0, 0.05) is 43.7 Å². The molecule has 2 fully saturated rings. The minimum absolute atomic E-state index is 0.00674. The first-order valence-corrected chi connectivity index (χ1v) is 11.0. The van der Waals surface area contributed by atoms with E-state index < -0.39 is 0 Å². The van der Waals surface area contributed by atoms with Gasteiger partial charge in [-0.25, -0.2) is 0 Å². The molecule has 0 bridgehead atoms. The third kappa shape index (κ3) is 6.03. The number of piperazine rings is 1. The monoisotopic (exact) mass is 450 g/mol. The van der Waals surface area contributed by atoms with E-state index in [2.05, 4.69) is 44.9 Å². The van der Waals surface area contributed by atoms with Crippen molar-refractivity contribution in [3.63, 3.8) is 0 Å². The SMILES string of the molecule is CC1CC(C)CN(C(=O)CN2CCN(CC(=O)Nc3ccccc3Br)CC2)C1. The summed E-state index contributed by atoms with van der Waals surface area (Å²) in [4.78, 5) is 31.4. The molecule has 1 N–H and O–H groups in total. The Labute approximate surface area is 176 Å². The van der Waals surface area contributed by atoms with Crippen molar-refractivity contribution < 1.29 is 9.59 Å². The third-order valence-electron chi connectivity index (χ3n) is 5.56. The lowest BCUT2D eigenvalue weighted by Gasteiger charge is -2.38. The highest BCUT2D eigenvalue weighted by atomic mass is 79.9. The Morgan fingerprint density at radius 1 is 1.00 bits per heavy atom. The van der Waals surface area contributed by atoms with E-state index in [1.165, 1.54) is 6.42 Å². The molecule has 2 saturated heterocycles. The summed E-state index contributed by atoms with van der Waals surface area (Å²) in [6, 6.07) is 7.62. The predicted octanol–water partition coefficient (Wildman–Crippen LogP) is 2.51. The van der Waals surface area contributed by atoms with Gasteiger partial charge in [-0.05, 0) is 46.3 Å². The van der Waals surface area contributed by atoms with E-state index in [-0.39, 0.29) is 11.8 Å². The number of hydrogen-bond acceptors (Lipinski definition) is 4. The Kier molecular flexibility index (Phi) is 7.48. The van der Waals surface area contributed by atoms with Crippen LogP contribution in [0.3, 0.4) is 0 Å². The normalized spacial score (nSPS) is 24.2. The molecule has 3 rings (SSSR count). The van der Waals surface area contributed by atoms with Gasteiger partial charge in [0.2, 0.25) is 11.8 Å². The molecular formula is C21H31BrN4O2. The van der Waals surface area contributed by atoms with Gasteiger partial charge >= 0.3 is 0 Å². The highest BCUT2D eigenvalue weighted by Crippen LogP contribution is 2.22. The molecule has 2 aliphatic rings.